The molecule has 0 saturated heterocycles. The lowest BCUT2D eigenvalue weighted by atomic mass is 10.3. The van der Waals surface area contributed by atoms with Gasteiger partial charge in [0.1, 0.15) is 0 Å². The van der Waals surface area contributed by atoms with Gasteiger partial charge >= 0.3 is 0 Å². The number of carbonyl (C=O) groups excluding carboxylic acids is 1. The van der Waals surface area contributed by atoms with Crippen LogP contribution in [-0.4, -0.2) is 11.1 Å². The fourth-order valence-corrected chi connectivity index (χ4v) is 1.78. The first kappa shape index (κ1) is 9.26. The molecule has 0 saturated carbocycles. The normalized spacial score (nSPS) is 9.17. The Labute approximate surface area is 79.9 Å². The van der Waals surface area contributed by atoms with Gasteiger partial charge in [0.25, 0.3) is 5.91 Å². The van der Waals surface area contributed by atoms with Crippen molar-refractivity contribution in [2.45, 2.75) is 13.8 Å². The number of hydrogen-bond donors (Lipinski definition) is 0. The van der Waals surface area contributed by atoms with Gasteiger partial charge in [0.05, 0.1) is 10.0 Å². The molecule has 0 unspecified atom stereocenters. The first-order valence-corrected chi connectivity index (χ1v) is 4.57. The highest BCUT2D eigenvalue weighted by atomic mass is 32.1. The third kappa shape index (κ3) is 1.85. The fraction of sp³-hybridized carbons (Fsp3) is 0.250. The molecule has 1 rings (SSSR count). The van der Waals surface area contributed by atoms with E-state index in [0.717, 1.165) is 10.4 Å². The molecule has 4 heteroatoms. The van der Waals surface area contributed by atoms with Crippen LogP contribution in [0.25, 0.3) is 0 Å². The van der Waals surface area contributed by atoms with Crippen LogP contribution >= 0.6 is 23.6 Å². The average Bonchev–Trinajstić information content (AvgIpc) is 2.33. The zero-order valence-electron chi connectivity index (χ0n) is 6.75. The lowest BCUT2D eigenvalue weighted by molar-refractivity contribution is 0.101. The fourth-order valence-electron chi connectivity index (χ4n) is 0.775. The SMILES string of the molecule is Cc1cc(C(=O)N=C=S)sc1C. The quantitative estimate of drug-likeness (QED) is 0.511. The molecule has 0 aromatic carbocycles. The van der Waals surface area contributed by atoms with E-state index in [-0.39, 0.29) is 5.91 Å². The molecule has 0 atom stereocenters. The number of aryl methyl sites for hydroxylation is 2. The highest BCUT2D eigenvalue weighted by Gasteiger charge is 2.08. The van der Waals surface area contributed by atoms with E-state index in [1.54, 1.807) is 0 Å². The minimum absolute atomic E-state index is 0.300. The molecule has 0 N–H and O–H groups in total. The molecule has 12 heavy (non-hydrogen) atoms. The lowest BCUT2D eigenvalue weighted by Gasteiger charge is -1.81. The molecule has 0 fully saturated rings. The third-order valence-electron chi connectivity index (χ3n) is 1.52. The van der Waals surface area contributed by atoms with Crippen LogP contribution in [0.15, 0.2) is 11.1 Å². The molecular weight excluding hydrogens is 190 g/mol. The lowest BCUT2D eigenvalue weighted by Crippen LogP contribution is -1.87. The number of thiophene rings is 1. The predicted molar refractivity (Wildman–Crippen MR) is 53.1 cm³/mol. The monoisotopic (exact) mass is 197 g/mol. The van der Waals surface area contributed by atoms with Gasteiger partial charge in [-0.3, -0.25) is 4.79 Å². The molecule has 1 aromatic heterocycles. The summed E-state index contributed by atoms with van der Waals surface area (Å²) in [5.41, 5.74) is 1.11. The third-order valence-corrected chi connectivity index (χ3v) is 2.76. The maximum Gasteiger partial charge on any atom is 0.295 e. The van der Waals surface area contributed by atoms with Gasteiger partial charge in [-0.2, -0.15) is 4.99 Å². The Morgan fingerprint density at radius 1 is 1.67 bits per heavy atom. The number of amides is 1. The summed E-state index contributed by atoms with van der Waals surface area (Å²) in [4.78, 5) is 16.3. The first-order chi connectivity index (χ1) is 5.65. The van der Waals surface area contributed by atoms with Gasteiger partial charge in [-0.25, -0.2) is 0 Å². The summed E-state index contributed by atoms with van der Waals surface area (Å²) in [5.74, 6) is -0.300. The van der Waals surface area contributed by atoms with Crippen molar-refractivity contribution in [2.75, 3.05) is 0 Å². The van der Waals surface area contributed by atoms with Crippen LogP contribution in [0, 0.1) is 13.8 Å². The van der Waals surface area contributed by atoms with Gasteiger partial charge in [0.15, 0.2) is 0 Å². The molecule has 1 heterocycles. The molecule has 0 aliphatic heterocycles. The van der Waals surface area contributed by atoms with E-state index < -0.39 is 0 Å². The Morgan fingerprint density at radius 2 is 2.33 bits per heavy atom. The average molecular weight is 197 g/mol. The molecule has 0 aliphatic rings. The number of carbonyl (C=O) groups is 1. The first-order valence-electron chi connectivity index (χ1n) is 3.34. The Balaban J connectivity index is 3.04. The molecule has 62 valence electrons. The van der Waals surface area contributed by atoms with E-state index in [4.69, 9.17) is 0 Å². The molecule has 1 amide bonds. The number of isothiocyanates is 1. The van der Waals surface area contributed by atoms with E-state index in [9.17, 15) is 4.79 Å². The molecule has 0 aliphatic carbocycles. The summed E-state index contributed by atoms with van der Waals surface area (Å²) in [6, 6.07) is 1.82. The van der Waals surface area contributed by atoms with E-state index in [0.29, 0.717) is 4.88 Å². The number of hydrogen-bond acceptors (Lipinski definition) is 3. The Hall–Kier alpha value is -0.830. The summed E-state index contributed by atoms with van der Waals surface area (Å²) < 4.78 is 0. The van der Waals surface area contributed by atoms with Crippen LogP contribution in [0.2, 0.25) is 0 Å². The summed E-state index contributed by atoms with van der Waals surface area (Å²) in [6.07, 6.45) is 0. The summed E-state index contributed by atoms with van der Waals surface area (Å²) in [7, 11) is 0. The minimum atomic E-state index is -0.300. The number of nitrogens with zero attached hydrogens (tertiary/aromatic N) is 1. The van der Waals surface area contributed by atoms with Crippen LogP contribution in [-0.2, 0) is 0 Å². The van der Waals surface area contributed by atoms with Crippen LogP contribution in [0.5, 0.6) is 0 Å². The number of thiocarbonyl (C=S) groups is 1. The van der Waals surface area contributed by atoms with Crippen molar-refractivity contribution in [2.24, 2.45) is 4.99 Å². The Kier molecular flexibility index (Phi) is 2.87. The number of aliphatic imine (C=N–C) groups is 1. The van der Waals surface area contributed by atoms with Crippen molar-refractivity contribution in [3.8, 4) is 0 Å². The predicted octanol–water partition coefficient (Wildman–Crippen LogP) is 2.61. The smallest absolute Gasteiger partial charge is 0.265 e. The van der Waals surface area contributed by atoms with Gasteiger partial charge in [0, 0.05) is 4.88 Å². The highest BCUT2D eigenvalue weighted by Crippen LogP contribution is 2.20. The zero-order chi connectivity index (χ0) is 9.14. The second-order valence-electron chi connectivity index (χ2n) is 2.36. The van der Waals surface area contributed by atoms with Crippen molar-refractivity contribution in [1.29, 1.82) is 0 Å². The van der Waals surface area contributed by atoms with E-state index in [1.165, 1.54) is 11.3 Å². The largest absolute Gasteiger partial charge is 0.295 e. The van der Waals surface area contributed by atoms with Crippen molar-refractivity contribution in [3.63, 3.8) is 0 Å². The van der Waals surface area contributed by atoms with Crippen LogP contribution in [0.4, 0.5) is 0 Å². The van der Waals surface area contributed by atoms with Crippen LogP contribution in [0.1, 0.15) is 20.1 Å². The molecule has 1 aromatic rings. The molecule has 0 radical (unpaired) electrons. The molecular formula is C8H7NOS2. The van der Waals surface area contributed by atoms with Gasteiger partial charge in [-0.1, -0.05) is 0 Å². The van der Waals surface area contributed by atoms with Gasteiger partial charge < -0.3 is 0 Å². The summed E-state index contributed by atoms with van der Waals surface area (Å²) >= 11 is 5.77. The van der Waals surface area contributed by atoms with E-state index in [2.05, 4.69) is 22.4 Å². The maximum absolute atomic E-state index is 11.1. The maximum atomic E-state index is 11.1. The molecule has 0 spiro atoms. The van der Waals surface area contributed by atoms with Crippen molar-refractivity contribution in [3.05, 3.63) is 21.4 Å². The van der Waals surface area contributed by atoms with Crippen LogP contribution < -0.4 is 0 Å². The van der Waals surface area contributed by atoms with Gasteiger partial charge in [-0.05, 0) is 37.7 Å². The Morgan fingerprint density at radius 3 is 2.75 bits per heavy atom. The van der Waals surface area contributed by atoms with Gasteiger partial charge in [-0.15, -0.1) is 11.3 Å². The van der Waals surface area contributed by atoms with Gasteiger partial charge in [0.2, 0.25) is 0 Å². The molecule has 0 bridgehead atoms. The van der Waals surface area contributed by atoms with Crippen molar-refractivity contribution < 1.29 is 4.79 Å². The standard InChI is InChI=1S/C8H7NOS2/c1-5-3-7(12-6(5)2)8(10)9-4-11/h3H,1-2H3. The van der Waals surface area contributed by atoms with Crippen LogP contribution in [0.3, 0.4) is 0 Å². The Bertz CT molecular complexity index is 342. The highest BCUT2D eigenvalue weighted by molar-refractivity contribution is 7.78. The zero-order valence-corrected chi connectivity index (χ0v) is 8.38. The topological polar surface area (TPSA) is 29.4 Å². The minimum Gasteiger partial charge on any atom is -0.265 e. The van der Waals surface area contributed by atoms with Crippen molar-refractivity contribution >= 4 is 34.6 Å². The number of rotatable bonds is 1. The second kappa shape index (κ2) is 3.72. The summed E-state index contributed by atoms with van der Waals surface area (Å²) in [6.45, 7) is 3.93. The second-order valence-corrected chi connectivity index (χ2v) is 3.80. The van der Waals surface area contributed by atoms with E-state index in [1.807, 2.05) is 19.9 Å². The summed E-state index contributed by atoms with van der Waals surface area (Å²) in [5, 5.41) is 2.06. The molecule has 2 nitrogen and oxygen atoms in total. The van der Waals surface area contributed by atoms with Crippen molar-refractivity contribution in [1.82, 2.24) is 0 Å². The van der Waals surface area contributed by atoms with E-state index >= 15 is 0 Å².